The van der Waals surface area contributed by atoms with Crippen molar-refractivity contribution in [2.75, 3.05) is 0 Å². The van der Waals surface area contributed by atoms with E-state index >= 15 is 0 Å². The summed E-state index contributed by atoms with van der Waals surface area (Å²) in [6.45, 7) is 0. The summed E-state index contributed by atoms with van der Waals surface area (Å²) in [6, 6.07) is 38.9. The Bertz CT molecular complexity index is 849. The lowest BCUT2D eigenvalue weighted by Gasteiger charge is -1.98. The maximum Gasteiger partial charge on any atom is 0.488 e. The highest BCUT2D eigenvalue weighted by Gasteiger charge is 2.07. The standard InChI is InChI=1S/C12H10.C6H7BO2.C6H5Cl.CH4/c1-3-7-11(8-4-1)12-9-5-2-6-10-12;8-7(9)6-4-2-1-3-5-6;7-6-4-2-1-3-5-6;/h1-10H;1-5,8-9H;1-5H;1H4. The molecule has 0 aromatic heterocycles. The third-order valence-corrected chi connectivity index (χ3v) is 3.96. The molecular formula is C25H26BClO2. The first-order valence-electron chi connectivity index (χ1n) is 8.89. The summed E-state index contributed by atoms with van der Waals surface area (Å²) in [5.41, 5.74) is 3.08. The Balaban J connectivity index is 0.000000222. The van der Waals surface area contributed by atoms with E-state index in [1.807, 2.05) is 48.5 Å². The summed E-state index contributed by atoms with van der Waals surface area (Å²) >= 11 is 5.54. The minimum atomic E-state index is -1.34. The molecule has 148 valence electrons. The molecule has 0 spiro atoms. The highest BCUT2D eigenvalue weighted by Crippen LogP contribution is 2.17. The number of hydrogen-bond donors (Lipinski definition) is 2. The molecular weight excluding hydrogens is 379 g/mol. The maximum atomic E-state index is 8.58. The van der Waals surface area contributed by atoms with Crippen LogP contribution in [-0.2, 0) is 0 Å². The Hall–Kier alpha value is -2.85. The van der Waals surface area contributed by atoms with Crippen molar-refractivity contribution in [3.05, 3.63) is 126 Å². The van der Waals surface area contributed by atoms with Crippen LogP contribution < -0.4 is 5.46 Å². The lowest BCUT2D eigenvalue weighted by atomic mass is 9.81. The number of rotatable bonds is 2. The molecule has 4 rings (SSSR count). The first kappa shape index (κ1) is 24.2. The molecule has 0 aliphatic rings. The molecule has 0 atom stereocenters. The Morgan fingerprint density at radius 1 is 0.483 bits per heavy atom. The van der Waals surface area contributed by atoms with Crippen LogP contribution in [-0.4, -0.2) is 17.2 Å². The smallest absolute Gasteiger partial charge is 0.423 e. The fraction of sp³-hybridized carbons (Fsp3) is 0.0400. The van der Waals surface area contributed by atoms with Gasteiger partial charge in [0, 0.05) is 5.02 Å². The fourth-order valence-electron chi connectivity index (χ4n) is 2.30. The zero-order chi connectivity index (χ0) is 20.0. The zero-order valence-electron chi connectivity index (χ0n) is 15.4. The summed E-state index contributed by atoms with van der Waals surface area (Å²) in [5.74, 6) is 0. The second-order valence-electron chi connectivity index (χ2n) is 5.81. The van der Waals surface area contributed by atoms with Gasteiger partial charge in [0.15, 0.2) is 0 Å². The van der Waals surface area contributed by atoms with Gasteiger partial charge in [0.1, 0.15) is 0 Å². The summed E-state index contributed by atoms with van der Waals surface area (Å²) in [6.07, 6.45) is 0. The molecule has 4 aromatic carbocycles. The van der Waals surface area contributed by atoms with Crippen molar-refractivity contribution in [1.29, 1.82) is 0 Å². The molecule has 0 saturated heterocycles. The number of benzene rings is 4. The second kappa shape index (κ2) is 14.2. The van der Waals surface area contributed by atoms with Crippen molar-refractivity contribution in [1.82, 2.24) is 0 Å². The molecule has 2 N–H and O–H groups in total. The molecule has 0 heterocycles. The number of halogens is 1. The second-order valence-corrected chi connectivity index (χ2v) is 6.25. The molecule has 29 heavy (non-hydrogen) atoms. The van der Waals surface area contributed by atoms with E-state index in [9.17, 15) is 0 Å². The van der Waals surface area contributed by atoms with Gasteiger partial charge in [-0.2, -0.15) is 0 Å². The van der Waals surface area contributed by atoms with Crippen LogP contribution >= 0.6 is 11.6 Å². The Kier molecular flexibility index (Phi) is 11.8. The van der Waals surface area contributed by atoms with Crippen molar-refractivity contribution in [3.63, 3.8) is 0 Å². The molecule has 2 nitrogen and oxygen atoms in total. The SMILES string of the molecule is C.Clc1ccccc1.OB(O)c1ccccc1.c1ccc(-c2ccccc2)cc1. The van der Waals surface area contributed by atoms with Gasteiger partial charge in [-0.1, -0.05) is 128 Å². The van der Waals surface area contributed by atoms with Crippen molar-refractivity contribution in [2.45, 2.75) is 7.43 Å². The van der Waals surface area contributed by atoms with E-state index in [-0.39, 0.29) is 7.43 Å². The Morgan fingerprint density at radius 3 is 1.03 bits per heavy atom. The molecule has 0 unspecified atom stereocenters. The van der Waals surface area contributed by atoms with Gasteiger partial charge in [0.05, 0.1) is 0 Å². The Morgan fingerprint density at radius 2 is 0.793 bits per heavy atom. The van der Waals surface area contributed by atoms with E-state index in [1.54, 1.807) is 24.3 Å². The molecule has 0 bridgehead atoms. The van der Waals surface area contributed by atoms with Crippen LogP contribution in [0.2, 0.25) is 5.02 Å². The predicted molar refractivity (Wildman–Crippen MR) is 126 cm³/mol. The molecule has 4 heteroatoms. The van der Waals surface area contributed by atoms with Crippen LogP contribution in [0, 0.1) is 0 Å². The van der Waals surface area contributed by atoms with Gasteiger partial charge < -0.3 is 10.0 Å². The summed E-state index contributed by atoms with van der Waals surface area (Å²) in [5, 5.41) is 18.0. The highest BCUT2D eigenvalue weighted by molar-refractivity contribution is 6.58. The molecule has 0 saturated carbocycles. The first-order chi connectivity index (χ1) is 13.7. The minimum absolute atomic E-state index is 0. The summed E-state index contributed by atoms with van der Waals surface area (Å²) in [4.78, 5) is 0. The average molecular weight is 405 g/mol. The summed E-state index contributed by atoms with van der Waals surface area (Å²) < 4.78 is 0. The van der Waals surface area contributed by atoms with Gasteiger partial charge in [0.2, 0.25) is 0 Å². The molecule has 0 aliphatic heterocycles. The van der Waals surface area contributed by atoms with Crippen LogP contribution in [0.15, 0.2) is 121 Å². The van der Waals surface area contributed by atoms with Crippen molar-refractivity contribution in [2.24, 2.45) is 0 Å². The molecule has 0 fully saturated rings. The lowest BCUT2D eigenvalue weighted by Crippen LogP contribution is -2.29. The van der Waals surface area contributed by atoms with Gasteiger partial charge in [-0.05, 0) is 28.7 Å². The lowest BCUT2D eigenvalue weighted by molar-refractivity contribution is 0.426. The average Bonchev–Trinajstić information content (AvgIpc) is 2.77. The van der Waals surface area contributed by atoms with Crippen molar-refractivity contribution >= 4 is 24.2 Å². The number of hydrogen-bond acceptors (Lipinski definition) is 2. The summed E-state index contributed by atoms with van der Waals surface area (Å²) in [7, 11) is -1.34. The van der Waals surface area contributed by atoms with Crippen LogP contribution in [0.25, 0.3) is 11.1 Å². The quantitative estimate of drug-likeness (QED) is 0.421. The van der Waals surface area contributed by atoms with E-state index in [0.29, 0.717) is 5.46 Å². The van der Waals surface area contributed by atoms with Crippen LogP contribution in [0.1, 0.15) is 7.43 Å². The minimum Gasteiger partial charge on any atom is -0.423 e. The topological polar surface area (TPSA) is 40.5 Å². The third kappa shape index (κ3) is 9.77. The van der Waals surface area contributed by atoms with Gasteiger partial charge in [-0.15, -0.1) is 0 Å². The van der Waals surface area contributed by atoms with Gasteiger partial charge in [0.25, 0.3) is 0 Å². The third-order valence-electron chi connectivity index (χ3n) is 3.71. The van der Waals surface area contributed by atoms with Crippen molar-refractivity contribution < 1.29 is 10.0 Å². The predicted octanol–water partition coefficient (Wildman–Crippen LogP) is 5.70. The van der Waals surface area contributed by atoms with E-state index in [4.69, 9.17) is 21.6 Å². The fourth-order valence-corrected chi connectivity index (χ4v) is 2.45. The van der Waals surface area contributed by atoms with Crippen LogP contribution in [0.3, 0.4) is 0 Å². The first-order valence-corrected chi connectivity index (χ1v) is 9.26. The Labute approximate surface area is 179 Å². The van der Waals surface area contributed by atoms with Crippen LogP contribution in [0.4, 0.5) is 0 Å². The van der Waals surface area contributed by atoms with Crippen LogP contribution in [0.5, 0.6) is 0 Å². The largest absolute Gasteiger partial charge is 0.488 e. The van der Waals surface area contributed by atoms with Gasteiger partial charge in [-0.3, -0.25) is 0 Å². The molecule has 4 aromatic rings. The normalized spacial score (nSPS) is 8.93. The van der Waals surface area contributed by atoms with Crippen molar-refractivity contribution in [3.8, 4) is 11.1 Å². The molecule has 0 amide bonds. The van der Waals surface area contributed by atoms with E-state index in [2.05, 4.69) is 48.5 Å². The highest BCUT2D eigenvalue weighted by atomic mass is 35.5. The van der Waals surface area contributed by atoms with E-state index in [1.165, 1.54) is 11.1 Å². The monoisotopic (exact) mass is 404 g/mol. The van der Waals surface area contributed by atoms with Gasteiger partial charge in [-0.25, -0.2) is 0 Å². The zero-order valence-corrected chi connectivity index (χ0v) is 16.2. The van der Waals surface area contributed by atoms with E-state index in [0.717, 1.165) is 5.02 Å². The van der Waals surface area contributed by atoms with E-state index < -0.39 is 7.12 Å². The molecule has 0 aliphatic carbocycles. The maximum absolute atomic E-state index is 8.58. The van der Waals surface area contributed by atoms with Gasteiger partial charge >= 0.3 is 7.12 Å². The molecule has 0 radical (unpaired) electrons.